The van der Waals surface area contributed by atoms with Crippen molar-refractivity contribution in [2.45, 2.75) is 18.6 Å². The summed E-state index contributed by atoms with van der Waals surface area (Å²) >= 11 is 0. The monoisotopic (exact) mass is 471 g/mol. The fraction of sp³-hybridized carbons (Fsp3) is 0.296. The van der Waals surface area contributed by atoms with Gasteiger partial charge in [-0.1, -0.05) is 12.2 Å². The molecule has 8 heteroatoms. The molecule has 0 radical (unpaired) electrons. The van der Waals surface area contributed by atoms with E-state index in [0.29, 0.717) is 36.1 Å². The average Bonchev–Trinajstić information content (AvgIpc) is 2.91. The van der Waals surface area contributed by atoms with Crippen molar-refractivity contribution in [1.29, 1.82) is 5.26 Å². The van der Waals surface area contributed by atoms with E-state index >= 15 is 0 Å². The molecule has 5 rings (SSSR count). The van der Waals surface area contributed by atoms with Crippen molar-refractivity contribution in [1.82, 2.24) is 15.3 Å². The zero-order valence-corrected chi connectivity index (χ0v) is 19.4. The molecule has 2 aliphatic heterocycles. The van der Waals surface area contributed by atoms with Gasteiger partial charge in [0.05, 0.1) is 31.1 Å². The van der Waals surface area contributed by atoms with Crippen LogP contribution in [0.25, 0.3) is 23.3 Å². The molecule has 0 saturated carbocycles. The molecule has 4 heterocycles. The van der Waals surface area contributed by atoms with Gasteiger partial charge in [0.15, 0.2) is 0 Å². The molecule has 2 unspecified atom stereocenters. The SMILES string of the molecule is COc1cc(F)cc(-c2cncc(/C=C/c3cncc(C#N)c3)c2N2CCC3NCCOC3C2)c1. The van der Waals surface area contributed by atoms with Crippen molar-refractivity contribution >= 4 is 17.8 Å². The number of halogens is 1. The smallest absolute Gasteiger partial charge is 0.127 e. The van der Waals surface area contributed by atoms with Crippen LogP contribution in [-0.4, -0.2) is 55.5 Å². The van der Waals surface area contributed by atoms with Crippen LogP contribution in [0.3, 0.4) is 0 Å². The Morgan fingerprint density at radius 3 is 2.91 bits per heavy atom. The van der Waals surface area contributed by atoms with Crippen LogP contribution in [0, 0.1) is 17.1 Å². The Bertz CT molecular complexity index is 1290. The zero-order valence-electron chi connectivity index (χ0n) is 19.4. The normalized spacial score (nSPS) is 19.9. The van der Waals surface area contributed by atoms with Crippen molar-refractivity contribution in [2.24, 2.45) is 0 Å². The Labute approximate surface area is 203 Å². The summed E-state index contributed by atoms with van der Waals surface area (Å²) in [6.07, 6.45) is 11.7. The molecule has 7 nitrogen and oxygen atoms in total. The summed E-state index contributed by atoms with van der Waals surface area (Å²) < 4.78 is 25.8. The molecule has 3 aromatic rings. The first-order valence-corrected chi connectivity index (χ1v) is 11.6. The minimum absolute atomic E-state index is 0.0777. The standard InChI is InChI=1S/C27H26FN5O2/c1-34-23-10-21(9-22(28)11-23)24-16-31-15-20(3-2-18-8-19(12-29)14-30-13-18)27(24)33-6-4-25-26(17-33)35-7-5-32-25/h2-3,8-11,13-16,25-26,32H,4-7,17H2,1H3/b3-2+. The number of morpholine rings is 1. The summed E-state index contributed by atoms with van der Waals surface area (Å²) in [5, 5.41) is 12.8. The molecule has 2 fully saturated rings. The van der Waals surface area contributed by atoms with Crippen molar-refractivity contribution in [3.8, 4) is 22.9 Å². The van der Waals surface area contributed by atoms with Crippen LogP contribution in [0.4, 0.5) is 10.1 Å². The van der Waals surface area contributed by atoms with Gasteiger partial charge in [-0.05, 0) is 35.7 Å². The maximum Gasteiger partial charge on any atom is 0.127 e. The quantitative estimate of drug-likeness (QED) is 0.604. The number of nitrogens with zero attached hydrogens (tertiary/aromatic N) is 4. The third-order valence-electron chi connectivity index (χ3n) is 6.42. The molecule has 2 atom stereocenters. The molecule has 178 valence electrons. The summed E-state index contributed by atoms with van der Waals surface area (Å²) in [6, 6.07) is 8.92. The van der Waals surface area contributed by atoms with Gasteiger partial charge in [0.25, 0.3) is 0 Å². The maximum absolute atomic E-state index is 14.4. The van der Waals surface area contributed by atoms with E-state index in [2.05, 4.69) is 26.3 Å². The number of anilines is 1. The number of nitrogens with one attached hydrogen (secondary N) is 1. The Kier molecular flexibility index (Phi) is 6.70. The highest BCUT2D eigenvalue weighted by atomic mass is 19.1. The second-order valence-corrected chi connectivity index (χ2v) is 8.66. The molecule has 0 bridgehead atoms. The summed E-state index contributed by atoms with van der Waals surface area (Å²) in [7, 11) is 1.53. The molecule has 1 aromatic carbocycles. The zero-order chi connectivity index (χ0) is 24.2. The lowest BCUT2D eigenvalue weighted by Crippen LogP contribution is -2.58. The van der Waals surface area contributed by atoms with Crippen molar-refractivity contribution in [3.63, 3.8) is 0 Å². The predicted octanol–water partition coefficient (Wildman–Crippen LogP) is 3.90. The summed E-state index contributed by atoms with van der Waals surface area (Å²) in [5.74, 6) is 0.0778. The highest BCUT2D eigenvalue weighted by Gasteiger charge is 2.33. The number of hydrogen-bond acceptors (Lipinski definition) is 7. The van der Waals surface area contributed by atoms with Gasteiger partial charge in [-0.25, -0.2) is 4.39 Å². The van der Waals surface area contributed by atoms with E-state index in [1.807, 2.05) is 18.2 Å². The first-order chi connectivity index (χ1) is 17.1. The molecule has 1 N–H and O–H groups in total. The minimum Gasteiger partial charge on any atom is -0.497 e. The Hall–Kier alpha value is -3.80. The largest absolute Gasteiger partial charge is 0.497 e. The van der Waals surface area contributed by atoms with Crippen LogP contribution in [0.1, 0.15) is 23.1 Å². The molecule has 35 heavy (non-hydrogen) atoms. The molecule has 0 aliphatic carbocycles. The van der Waals surface area contributed by atoms with Crippen molar-refractivity contribution in [2.75, 3.05) is 38.3 Å². The first kappa shape index (κ1) is 23.0. The molecule has 2 saturated heterocycles. The van der Waals surface area contributed by atoms with Crippen LogP contribution >= 0.6 is 0 Å². The summed E-state index contributed by atoms with van der Waals surface area (Å²) in [5.41, 5.74) is 4.66. The summed E-state index contributed by atoms with van der Waals surface area (Å²) in [6.45, 7) is 3.10. The van der Waals surface area contributed by atoms with E-state index in [9.17, 15) is 9.65 Å². The molecular weight excluding hydrogens is 445 g/mol. The van der Waals surface area contributed by atoms with E-state index in [1.54, 1.807) is 24.7 Å². The second kappa shape index (κ2) is 10.2. The van der Waals surface area contributed by atoms with E-state index in [0.717, 1.165) is 41.9 Å². The van der Waals surface area contributed by atoms with E-state index in [1.165, 1.54) is 25.4 Å². The van der Waals surface area contributed by atoms with Gasteiger partial charge < -0.3 is 19.7 Å². The molecular formula is C27H26FN5O2. The summed E-state index contributed by atoms with van der Waals surface area (Å²) in [4.78, 5) is 10.9. The van der Waals surface area contributed by atoms with Crippen LogP contribution < -0.4 is 15.0 Å². The van der Waals surface area contributed by atoms with Gasteiger partial charge in [0.1, 0.15) is 17.6 Å². The van der Waals surface area contributed by atoms with Gasteiger partial charge >= 0.3 is 0 Å². The maximum atomic E-state index is 14.4. The number of rotatable bonds is 5. The van der Waals surface area contributed by atoms with Crippen molar-refractivity contribution < 1.29 is 13.9 Å². The van der Waals surface area contributed by atoms with Gasteiger partial charge in [-0.3, -0.25) is 9.97 Å². The number of benzene rings is 1. The lowest BCUT2D eigenvalue weighted by atomic mass is 9.96. The van der Waals surface area contributed by atoms with Gasteiger partial charge in [0, 0.05) is 67.7 Å². The predicted molar refractivity (Wildman–Crippen MR) is 132 cm³/mol. The lowest BCUT2D eigenvalue weighted by Gasteiger charge is -2.43. The van der Waals surface area contributed by atoms with Crippen LogP contribution in [0.2, 0.25) is 0 Å². The van der Waals surface area contributed by atoms with E-state index in [-0.39, 0.29) is 11.9 Å². The Balaban J connectivity index is 1.59. The number of piperidine rings is 1. The highest BCUT2D eigenvalue weighted by molar-refractivity contribution is 5.87. The van der Waals surface area contributed by atoms with Gasteiger partial charge in [0.2, 0.25) is 0 Å². The minimum atomic E-state index is -0.371. The third kappa shape index (κ3) is 5.02. The number of hydrogen-bond donors (Lipinski definition) is 1. The van der Waals surface area contributed by atoms with Crippen molar-refractivity contribution in [3.05, 3.63) is 71.6 Å². The average molecular weight is 472 g/mol. The Morgan fingerprint density at radius 1 is 1.17 bits per heavy atom. The van der Waals surface area contributed by atoms with Gasteiger partial charge in [-0.2, -0.15) is 5.26 Å². The van der Waals surface area contributed by atoms with E-state index in [4.69, 9.17) is 9.47 Å². The number of ether oxygens (including phenoxy) is 2. The van der Waals surface area contributed by atoms with Crippen LogP contribution in [0.5, 0.6) is 5.75 Å². The number of pyridine rings is 2. The second-order valence-electron chi connectivity index (χ2n) is 8.66. The highest BCUT2D eigenvalue weighted by Crippen LogP contribution is 2.38. The third-order valence-corrected chi connectivity index (χ3v) is 6.42. The number of nitriles is 1. The molecule has 2 aromatic heterocycles. The molecule has 0 spiro atoms. The van der Waals surface area contributed by atoms with Crippen LogP contribution in [0.15, 0.2) is 49.1 Å². The number of aromatic nitrogens is 2. The van der Waals surface area contributed by atoms with Crippen LogP contribution in [-0.2, 0) is 4.74 Å². The first-order valence-electron chi connectivity index (χ1n) is 11.6. The fourth-order valence-corrected chi connectivity index (χ4v) is 4.76. The van der Waals surface area contributed by atoms with E-state index < -0.39 is 0 Å². The topological polar surface area (TPSA) is 83.3 Å². The lowest BCUT2D eigenvalue weighted by molar-refractivity contribution is -0.00901. The molecule has 2 aliphatic rings. The molecule has 0 amide bonds. The number of methoxy groups -OCH3 is 1. The van der Waals surface area contributed by atoms with Gasteiger partial charge in [-0.15, -0.1) is 0 Å². The fourth-order valence-electron chi connectivity index (χ4n) is 4.76. The Morgan fingerprint density at radius 2 is 2.06 bits per heavy atom. The number of fused-ring (bicyclic) bond motifs is 1.